The number of likely N-dealkylation sites (tertiary alicyclic amines) is 1. The molecule has 0 bridgehead atoms. The highest BCUT2D eigenvalue weighted by molar-refractivity contribution is 8.00. The van der Waals surface area contributed by atoms with Gasteiger partial charge < -0.3 is 9.47 Å². The number of hydrogen-bond acceptors (Lipinski definition) is 3. The Kier molecular flexibility index (Phi) is 4.55. The van der Waals surface area contributed by atoms with E-state index in [1.807, 2.05) is 29.6 Å². The predicted octanol–water partition coefficient (Wildman–Crippen LogP) is 2.41. The number of nitrogens with zero attached hydrogens (tertiary/aromatic N) is 3. The summed E-state index contributed by atoms with van der Waals surface area (Å²) in [6.07, 6.45) is 4.90. The minimum absolute atomic E-state index is 0.0707. The SMILES string of the molecule is C[C@@H]1C[C@@H](C)CN(C(=O)[C@H](C)Sc2nccn2C)C1. The van der Waals surface area contributed by atoms with Crippen LogP contribution in [0.5, 0.6) is 0 Å². The lowest BCUT2D eigenvalue weighted by Gasteiger charge is -2.36. The van der Waals surface area contributed by atoms with Gasteiger partial charge in [0.15, 0.2) is 5.16 Å². The molecular formula is C14H23N3OS. The first kappa shape index (κ1) is 14.4. The van der Waals surface area contributed by atoms with Gasteiger partial charge in [-0.1, -0.05) is 25.6 Å². The zero-order valence-corrected chi connectivity index (χ0v) is 13.0. The van der Waals surface area contributed by atoms with E-state index in [0.29, 0.717) is 11.8 Å². The summed E-state index contributed by atoms with van der Waals surface area (Å²) < 4.78 is 1.95. The fourth-order valence-corrected chi connectivity index (χ4v) is 3.69. The summed E-state index contributed by atoms with van der Waals surface area (Å²) in [4.78, 5) is 18.8. The van der Waals surface area contributed by atoms with E-state index < -0.39 is 0 Å². The molecular weight excluding hydrogens is 258 g/mol. The van der Waals surface area contributed by atoms with Gasteiger partial charge in [0.1, 0.15) is 0 Å². The van der Waals surface area contributed by atoms with Crippen LogP contribution in [0.4, 0.5) is 0 Å². The first-order valence-electron chi connectivity index (χ1n) is 6.90. The molecule has 1 saturated heterocycles. The normalized spacial score (nSPS) is 25.4. The fourth-order valence-electron chi connectivity index (χ4n) is 2.77. The van der Waals surface area contributed by atoms with Gasteiger partial charge >= 0.3 is 0 Å². The maximum absolute atomic E-state index is 12.5. The van der Waals surface area contributed by atoms with Crippen LogP contribution in [-0.2, 0) is 11.8 Å². The van der Waals surface area contributed by atoms with Crippen LogP contribution >= 0.6 is 11.8 Å². The second kappa shape index (κ2) is 5.99. The molecule has 1 amide bonds. The van der Waals surface area contributed by atoms with Gasteiger partial charge in [-0.2, -0.15) is 0 Å². The Morgan fingerprint density at radius 1 is 1.42 bits per heavy atom. The third-order valence-corrected chi connectivity index (χ3v) is 4.75. The fraction of sp³-hybridized carbons (Fsp3) is 0.714. The van der Waals surface area contributed by atoms with Crippen LogP contribution < -0.4 is 0 Å². The third kappa shape index (κ3) is 3.53. The number of piperidine rings is 1. The molecule has 0 radical (unpaired) electrons. The van der Waals surface area contributed by atoms with Crippen LogP contribution in [0.3, 0.4) is 0 Å². The highest BCUT2D eigenvalue weighted by atomic mass is 32.2. The van der Waals surface area contributed by atoms with Gasteiger partial charge in [0.2, 0.25) is 5.91 Å². The van der Waals surface area contributed by atoms with Crippen molar-refractivity contribution < 1.29 is 4.79 Å². The number of rotatable bonds is 3. The van der Waals surface area contributed by atoms with Crippen LogP contribution in [0, 0.1) is 11.8 Å². The number of carbonyl (C=O) groups is 1. The first-order chi connectivity index (χ1) is 8.97. The van der Waals surface area contributed by atoms with Gasteiger partial charge in [-0.05, 0) is 25.2 Å². The van der Waals surface area contributed by atoms with E-state index in [1.54, 1.807) is 18.0 Å². The largest absolute Gasteiger partial charge is 0.341 e. The van der Waals surface area contributed by atoms with Gasteiger partial charge in [0.25, 0.3) is 0 Å². The molecule has 4 nitrogen and oxygen atoms in total. The summed E-state index contributed by atoms with van der Waals surface area (Å²) in [5, 5.41) is 0.831. The molecule has 0 unspecified atom stereocenters. The van der Waals surface area contributed by atoms with Crippen LogP contribution in [0.15, 0.2) is 17.6 Å². The van der Waals surface area contributed by atoms with Crippen molar-refractivity contribution in [3.63, 3.8) is 0 Å². The Morgan fingerprint density at radius 2 is 2.05 bits per heavy atom. The molecule has 0 aliphatic carbocycles. The van der Waals surface area contributed by atoms with Crippen molar-refractivity contribution in [3.8, 4) is 0 Å². The lowest BCUT2D eigenvalue weighted by atomic mass is 9.92. The topological polar surface area (TPSA) is 38.1 Å². The van der Waals surface area contributed by atoms with Crippen molar-refractivity contribution in [1.82, 2.24) is 14.5 Å². The number of hydrogen-bond donors (Lipinski definition) is 0. The number of thioether (sulfide) groups is 1. The molecule has 3 atom stereocenters. The summed E-state index contributed by atoms with van der Waals surface area (Å²) in [6.45, 7) is 8.23. The predicted molar refractivity (Wildman–Crippen MR) is 78.1 cm³/mol. The van der Waals surface area contributed by atoms with E-state index in [2.05, 4.69) is 18.8 Å². The number of carbonyl (C=O) groups excluding carboxylic acids is 1. The Labute approximate surface area is 119 Å². The van der Waals surface area contributed by atoms with E-state index in [1.165, 1.54) is 6.42 Å². The van der Waals surface area contributed by atoms with Crippen molar-refractivity contribution in [1.29, 1.82) is 0 Å². The van der Waals surface area contributed by atoms with Crippen LogP contribution in [-0.4, -0.2) is 38.7 Å². The molecule has 19 heavy (non-hydrogen) atoms. The number of amides is 1. The smallest absolute Gasteiger partial charge is 0.235 e. The average molecular weight is 281 g/mol. The monoisotopic (exact) mass is 281 g/mol. The molecule has 0 aromatic carbocycles. The second-order valence-electron chi connectivity index (χ2n) is 5.77. The van der Waals surface area contributed by atoms with Crippen molar-refractivity contribution in [2.45, 2.75) is 37.6 Å². The molecule has 2 heterocycles. The average Bonchev–Trinajstić information content (AvgIpc) is 2.72. The molecule has 0 saturated carbocycles. The maximum atomic E-state index is 12.5. The molecule has 0 N–H and O–H groups in total. The summed E-state index contributed by atoms with van der Waals surface area (Å²) >= 11 is 1.54. The lowest BCUT2D eigenvalue weighted by Crippen LogP contribution is -2.45. The summed E-state index contributed by atoms with van der Waals surface area (Å²) in [5.74, 6) is 1.46. The molecule has 1 fully saturated rings. The molecule has 5 heteroatoms. The quantitative estimate of drug-likeness (QED) is 0.799. The molecule has 1 aromatic rings. The number of imidazole rings is 1. The van der Waals surface area contributed by atoms with Crippen molar-refractivity contribution in [2.75, 3.05) is 13.1 Å². The molecule has 2 rings (SSSR count). The van der Waals surface area contributed by atoms with Gasteiger partial charge in [-0.15, -0.1) is 0 Å². The Bertz CT molecular complexity index is 436. The van der Waals surface area contributed by atoms with E-state index in [-0.39, 0.29) is 11.2 Å². The Balaban J connectivity index is 1.97. The molecule has 1 aliphatic heterocycles. The van der Waals surface area contributed by atoms with Crippen molar-refractivity contribution in [3.05, 3.63) is 12.4 Å². The number of aromatic nitrogens is 2. The molecule has 1 aliphatic rings. The number of aryl methyl sites for hydroxylation is 1. The summed E-state index contributed by atoms with van der Waals surface area (Å²) in [6, 6.07) is 0. The van der Waals surface area contributed by atoms with Gasteiger partial charge in [-0.3, -0.25) is 4.79 Å². The summed E-state index contributed by atoms with van der Waals surface area (Å²) in [7, 11) is 1.96. The zero-order valence-electron chi connectivity index (χ0n) is 12.2. The van der Waals surface area contributed by atoms with E-state index in [4.69, 9.17) is 0 Å². The molecule has 0 spiro atoms. The Morgan fingerprint density at radius 3 is 2.58 bits per heavy atom. The lowest BCUT2D eigenvalue weighted by molar-refractivity contribution is -0.132. The minimum atomic E-state index is -0.0707. The highest BCUT2D eigenvalue weighted by Gasteiger charge is 2.29. The van der Waals surface area contributed by atoms with E-state index in [0.717, 1.165) is 18.2 Å². The third-order valence-electron chi connectivity index (χ3n) is 3.59. The minimum Gasteiger partial charge on any atom is -0.341 e. The summed E-state index contributed by atoms with van der Waals surface area (Å²) in [5.41, 5.74) is 0. The van der Waals surface area contributed by atoms with Gasteiger partial charge in [0, 0.05) is 32.5 Å². The van der Waals surface area contributed by atoms with Crippen LogP contribution in [0.25, 0.3) is 0 Å². The van der Waals surface area contributed by atoms with Crippen molar-refractivity contribution in [2.24, 2.45) is 18.9 Å². The van der Waals surface area contributed by atoms with Crippen LogP contribution in [0.2, 0.25) is 0 Å². The zero-order chi connectivity index (χ0) is 14.0. The van der Waals surface area contributed by atoms with Crippen LogP contribution in [0.1, 0.15) is 27.2 Å². The van der Waals surface area contributed by atoms with E-state index >= 15 is 0 Å². The van der Waals surface area contributed by atoms with Gasteiger partial charge in [-0.25, -0.2) is 4.98 Å². The Hall–Kier alpha value is -0.970. The van der Waals surface area contributed by atoms with Crippen molar-refractivity contribution >= 4 is 17.7 Å². The van der Waals surface area contributed by atoms with E-state index in [9.17, 15) is 4.79 Å². The maximum Gasteiger partial charge on any atom is 0.235 e. The molecule has 1 aromatic heterocycles. The second-order valence-corrected chi connectivity index (χ2v) is 7.08. The first-order valence-corrected chi connectivity index (χ1v) is 7.78. The van der Waals surface area contributed by atoms with Gasteiger partial charge in [0.05, 0.1) is 5.25 Å². The molecule has 106 valence electrons. The highest BCUT2D eigenvalue weighted by Crippen LogP contribution is 2.26. The standard InChI is InChI=1S/C14H23N3OS/c1-10-7-11(2)9-17(8-10)13(18)12(3)19-14-15-5-6-16(14)4/h5-6,10-12H,7-9H2,1-4H3/t10-,11-,12+/m1/s1.